The second kappa shape index (κ2) is 8.27. The molecule has 3 aromatic rings. The van der Waals surface area contributed by atoms with E-state index in [0.29, 0.717) is 16.7 Å². The van der Waals surface area contributed by atoms with Gasteiger partial charge in [0, 0.05) is 16.9 Å². The molecule has 7 heteroatoms. The molecule has 5 rings (SSSR count). The Hall–Kier alpha value is -4.39. The van der Waals surface area contributed by atoms with Gasteiger partial charge in [0.25, 0.3) is 11.8 Å². The molecular weight excluding hydrogens is 423 g/mol. The zero-order valence-electron chi connectivity index (χ0n) is 17.2. The first kappa shape index (κ1) is 20.5. The van der Waals surface area contributed by atoms with Crippen LogP contribution in [-0.2, 0) is 14.3 Å². The molecule has 162 valence electrons. The first-order chi connectivity index (χ1) is 16.0. The van der Waals surface area contributed by atoms with Crippen molar-refractivity contribution in [2.45, 2.75) is 5.92 Å². The summed E-state index contributed by atoms with van der Waals surface area (Å²) in [4.78, 5) is 40.8. The molecule has 0 spiro atoms. The molecule has 0 saturated carbocycles. The topological polar surface area (TPSA) is 84.8 Å². The fourth-order valence-corrected chi connectivity index (χ4v) is 4.02. The van der Waals surface area contributed by atoms with Gasteiger partial charge in [0.05, 0.1) is 11.6 Å². The van der Waals surface area contributed by atoms with E-state index in [-0.39, 0.29) is 11.6 Å². The molecule has 1 saturated heterocycles. The lowest BCUT2D eigenvalue weighted by Gasteiger charge is -2.22. The van der Waals surface area contributed by atoms with Crippen LogP contribution in [0.3, 0.4) is 0 Å². The Kier molecular flexibility index (Phi) is 5.14. The molecule has 2 heterocycles. The van der Waals surface area contributed by atoms with Crippen molar-refractivity contribution in [3.05, 3.63) is 108 Å². The first-order valence-electron chi connectivity index (χ1n) is 10.3. The van der Waals surface area contributed by atoms with Crippen LogP contribution < -0.4 is 5.32 Å². The van der Waals surface area contributed by atoms with Gasteiger partial charge in [-0.05, 0) is 35.2 Å². The predicted octanol–water partition coefficient (Wildman–Crippen LogP) is 4.41. The molecule has 0 aliphatic carbocycles. The van der Waals surface area contributed by atoms with Crippen LogP contribution >= 0.6 is 0 Å². The Morgan fingerprint density at radius 2 is 1.82 bits per heavy atom. The third kappa shape index (κ3) is 3.96. The maximum absolute atomic E-state index is 14.2. The monoisotopic (exact) mass is 440 g/mol. The standard InChI is InChI=1S/C26H17FN2O4/c27-21-8-4-7-16-9-10-17(13-20(16)21)22-12-11-18(24(30)28-22)19(15-5-2-1-3-6-15)14-23-25(31)29-26(32)33-23/h1-14,18-19H,(H,29,31,32)/b23-14-. The molecule has 3 aromatic carbocycles. The smallest absolute Gasteiger partial charge is 0.404 e. The highest BCUT2D eigenvalue weighted by Crippen LogP contribution is 2.33. The number of rotatable bonds is 4. The molecule has 0 radical (unpaired) electrons. The maximum Gasteiger partial charge on any atom is 0.419 e. The second-order valence-electron chi connectivity index (χ2n) is 7.71. The van der Waals surface area contributed by atoms with Crippen LogP contribution in [0, 0.1) is 11.7 Å². The van der Waals surface area contributed by atoms with E-state index in [1.165, 1.54) is 12.1 Å². The SMILES string of the molecule is O=C1NC(=O)/C(=C/C(c2ccccc2)C2C=CC(c3ccc4cccc(F)c4c3)=NC2=O)O1. The summed E-state index contributed by atoms with van der Waals surface area (Å²) < 4.78 is 19.2. The van der Waals surface area contributed by atoms with Crippen molar-refractivity contribution in [1.82, 2.24) is 5.32 Å². The highest BCUT2D eigenvalue weighted by Gasteiger charge is 2.33. The fourth-order valence-electron chi connectivity index (χ4n) is 4.02. The van der Waals surface area contributed by atoms with Crippen molar-refractivity contribution in [3.8, 4) is 0 Å². The van der Waals surface area contributed by atoms with Crippen LogP contribution in [0.1, 0.15) is 17.0 Å². The maximum atomic E-state index is 14.2. The number of amides is 3. The summed E-state index contributed by atoms with van der Waals surface area (Å²) in [5.41, 5.74) is 1.80. The number of allylic oxidation sites excluding steroid dienone is 2. The number of carbonyl (C=O) groups is 3. The lowest BCUT2D eigenvalue weighted by molar-refractivity contribution is -0.121. The molecular formula is C26H17FN2O4. The number of dihydropyridines is 1. The van der Waals surface area contributed by atoms with Gasteiger partial charge in [-0.2, -0.15) is 0 Å². The van der Waals surface area contributed by atoms with Gasteiger partial charge in [-0.15, -0.1) is 0 Å². The van der Waals surface area contributed by atoms with Gasteiger partial charge in [-0.25, -0.2) is 14.2 Å². The van der Waals surface area contributed by atoms with Gasteiger partial charge in [0.2, 0.25) is 0 Å². The van der Waals surface area contributed by atoms with Crippen LogP contribution in [0.4, 0.5) is 9.18 Å². The van der Waals surface area contributed by atoms with Gasteiger partial charge >= 0.3 is 6.09 Å². The molecule has 0 bridgehead atoms. The normalized spacial score (nSPS) is 20.0. The third-order valence-electron chi connectivity index (χ3n) is 5.65. The lowest BCUT2D eigenvalue weighted by atomic mass is 9.83. The van der Waals surface area contributed by atoms with Crippen LogP contribution in [0.25, 0.3) is 10.8 Å². The predicted molar refractivity (Wildman–Crippen MR) is 120 cm³/mol. The van der Waals surface area contributed by atoms with Crippen LogP contribution in [0.5, 0.6) is 0 Å². The largest absolute Gasteiger partial charge is 0.419 e. The summed E-state index contributed by atoms with van der Waals surface area (Å²) in [6.45, 7) is 0. The average molecular weight is 440 g/mol. The summed E-state index contributed by atoms with van der Waals surface area (Å²) in [5.74, 6) is -2.88. The molecule has 0 aromatic heterocycles. The van der Waals surface area contributed by atoms with Crippen molar-refractivity contribution in [2.24, 2.45) is 10.9 Å². The van der Waals surface area contributed by atoms with E-state index in [0.717, 1.165) is 10.9 Å². The van der Waals surface area contributed by atoms with E-state index < -0.39 is 29.7 Å². The zero-order chi connectivity index (χ0) is 22.9. The highest BCUT2D eigenvalue weighted by molar-refractivity contribution is 6.16. The molecule has 33 heavy (non-hydrogen) atoms. The number of carbonyl (C=O) groups excluding carboxylic acids is 3. The number of nitrogens with zero attached hydrogens (tertiary/aromatic N) is 1. The molecule has 2 unspecified atom stereocenters. The van der Waals surface area contributed by atoms with Gasteiger partial charge in [0.1, 0.15) is 5.82 Å². The Morgan fingerprint density at radius 1 is 1.00 bits per heavy atom. The minimum atomic E-state index is -0.854. The summed E-state index contributed by atoms with van der Waals surface area (Å²) >= 11 is 0. The van der Waals surface area contributed by atoms with Crippen LogP contribution in [0.2, 0.25) is 0 Å². The lowest BCUT2D eigenvalue weighted by Crippen LogP contribution is -2.24. The number of hydrogen-bond donors (Lipinski definition) is 1. The number of fused-ring (bicyclic) bond motifs is 1. The number of aliphatic imine (C=N–C) groups is 1. The minimum absolute atomic E-state index is 0.158. The zero-order valence-corrected chi connectivity index (χ0v) is 17.2. The van der Waals surface area contributed by atoms with E-state index in [9.17, 15) is 18.8 Å². The summed E-state index contributed by atoms with van der Waals surface area (Å²) in [5, 5.41) is 3.26. The van der Waals surface area contributed by atoms with E-state index >= 15 is 0 Å². The Bertz CT molecular complexity index is 1390. The third-order valence-corrected chi connectivity index (χ3v) is 5.65. The average Bonchev–Trinajstić information content (AvgIpc) is 3.15. The number of alkyl carbamates (subject to hydrolysis) is 1. The van der Waals surface area contributed by atoms with Crippen molar-refractivity contribution in [2.75, 3.05) is 0 Å². The second-order valence-corrected chi connectivity index (χ2v) is 7.71. The number of hydrogen-bond acceptors (Lipinski definition) is 4. The minimum Gasteiger partial charge on any atom is -0.404 e. The Balaban J connectivity index is 1.49. The van der Waals surface area contributed by atoms with Gasteiger partial charge in [-0.3, -0.25) is 14.9 Å². The molecule has 6 nitrogen and oxygen atoms in total. The molecule has 3 amide bonds. The number of cyclic esters (lactones) is 1. The van der Waals surface area contributed by atoms with Gasteiger partial charge in [0.15, 0.2) is 5.76 Å². The van der Waals surface area contributed by atoms with E-state index in [1.54, 1.807) is 36.4 Å². The van der Waals surface area contributed by atoms with E-state index in [1.807, 2.05) is 36.4 Å². The van der Waals surface area contributed by atoms with Crippen LogP contribution in [0.15, 0.2) is 95.7 Å². The van der Waals surface area contributed by atoms with Gasteiger partial charge in [-0.1, -0.05) is 60.7 Å². The summed E-state index contributed by atoms with van der Waals surface area (Å²) in [6, 6.07) is 19.2. The number of benzene rings is 3. The van der Waals surface area contributed by atoms with Crippen molar-refractivity contribution in [1.29, 1.82) is 0 Å². The molecule has 1 N–H and O–H groups in total. The molecule has 2 aliphatic heterocycles. The number of ether oxygens (including phenoxy) is 1. The van der Waals surface area contributed by atoms with E-state index in [2.05, 4.69) is 10.3 Å². The first-order valence-corrected chi connectivity index (χ1v) is 10.3. The van der Waals surface area contributed by atoms with Crippen molar-refractivity contribution < 1.29 is 23.5 Å². The van der Waals surface area contributed by atoms with Gasteiger partial charge < -0.3 is 4.74 Å². The fraction of sp³-hybridized carbons (Fsp3) is 0.0769. The molecule has 2 aliphatic rings. The molecule has 2 atom stereocenters. The number of halogens is 1. The van der Waals surface area contributed by atoms with Crippen LogP contribution in [-0.4, -0.2) is 23.6 Å². The summed E-state index contributed by atoms with van der Waals surface area (Å²) in [7, 11) is 0. The summed E-state index contributed by atoms with van der Waals surface area (Å²) in [6.07, 6.45) is 4.03. The highest BCUT2D eigenvalue weighted by atomic mass is 19.1. The Labute approximate surface area is 188 Å². The van der Waals surface area contributed by atoms with Crippen molar-refractivity contribution in [3.63, 3.8) is 0 Å². The Morgan fingerprint density at radius 3 is 2.55 bits per heavy atom. The quantitative estimate of drug-likeness (QED) is 0.609. The number of nitrogens with one attached hydrogen (secondary N) is 1. The van der Waals surface area contributed by atoms with E-state index in [4.69, 9.17) is 4.74 Å². The number of imide groups is 1. The molecule has 1 fully saturated rings. The van der Waals surface area contributed by atoms with Crippen molar-refractivity contribution >= 4 is 34.4 Å².